The van der Waals surface area contributed by atoms with Crippen molar-refractivity contribution in [3.05, 3.63) is 96.4 Å². The maximum Gasteiger partial charge on any atom is 0.256 e. The van der Waals surface area contributed by atoms with Crippen LogP contribution in [0.3, 0.4) is 0 Å². The lowest BCUT2D eigenvalue weighted by molar-refractivity contribution is 0.102. The van der Waals surface area contributed by atoms with Crippen molar-refractivity contribution in [1.82, 2.24) is 14.8 Å². The van der Waals surface area contributed by atoms with Crippen LogP contribution in [0.25, 0.3) is 5.69 Å². The van der Waals surface area contributed by atoms with Gasteiger partial charge in [0.1, 0.15) is 0 Å². The van der Waals surface area contributed by atoms with Crippen LogP contribution in [0.4, 0.5) is 17.2 Å². The smallest absolute Gasteiger partial charge is 0.256 e. The molecule has 0 aliphatic carbocycles. The number of benzene rings is 2. The molecule has 2 aromatic heterocycles. The molecule has 3 N–H and O–H groups in total. The van der Waals surface area contributed by atoms with Crippen molar-refractivity contribution in [3.8, 4) is 5.69 Å². The number of nitrogens with two attached hydrogens (primary N) is 1. The van der Waals surface area contributed by atoms with E-state index in [1.165, 1.54) is 0 Å². The highest BCUT2D eigenvalue weighted by molar-refractivity contribution is 6.05. The lowest BCUT2D eigenvalue weighted by Gasteiger charge is -2.19. The number of para-hydroxylation sites is 1. The van der Waals surface area contributed by atoms with Gasteiger partial charge in [0.15, 0.2) is 5.82 Å². The first-order chi connectivity index (χ1) is 14.6. The summed E-state index contributed by atoms with van der Waals surface area (Å²) in [6.07, 6.45) is 5.22. The average molecular weight is 398 g/mol. The molecule has 0 aliphatic rings. The van der Waals surface area contributed by atoms with E-state index < -0.39 is 0 Å². The largest absolute Gasteiger partial charge is 0.394 e. The quantitative estimate of drug-likeness (QED) is 0.516. The zero-order valence-corrected chi connectivity index (χ0v) is 16.6. The summed E-state index contributed by atoms with van der Waals surface area (Å²) < 4.78 is 1.64. The number of anilines is 3. The van der Waals surface area contributed by atoms with Crippen molar-refractivity contribution >= 4 is 23.1 Å². The van der Waals surface area contributed by atoms with Crippen molar-refractivity contribution in [2.75, 3.05) is 23.0 Å². The van der Waals surface area contributed by atoms with Crippen molar-refractivity contribution in [2.24, 2.45) is 0 Å². The van der Waals surface area contributed by atoms with E-state index >= 15 is 0 Å². The third kappa shape index (κ3) is 4.30. The molecular weight excluding hydrogens is 376 g/mol. The second-order valence-corrected chi connectivity index (χ2v) is 6.93. The molecular formula is C23H22N6O. The zero-order valence-electron chi connectivity index (χ0n) is 16.6. The summed E-state index contributed by atoms with van der Waals surface area (Å²) in [5.41, 5.74) is 10.0. The van der Waals surface area contributed by atoms with Crippen LogP contribution in [0.1, 0.15) is 15.9 Å². The fourth-order valence-electron chi connectivity index (χ4n) is 3.10. The summed E-state index contributed by atoms with van der Waals surface area (Å²) in [5.74, 6) is 0.0828. The van der Waals surface area contributed by atoms with Crippen molar-refractivity contribution in [1.29, 1.82) is 0 Å². The Hall–Kier alpha value is -4.13. The number of amides is 1. The van der Waals surface area contributed by atoms with Gasteiger partial charge in [0.05, 0.1) is 17.6 Å². The fourth-order valence-corrected chi connectivity index (χ4v) is 3.10. The van der Waals surface area contributed by atoms with Crippen LogP contribution >= 0.6 is 0 Å². The van der Waals surface area contributed by atoms with Gasteiger partial charge in [-0.25, -0.2) is 4.68 Å². The molecule has 150 valence electrons. The van der Waals surface area contributed by atoms with Gasteiger partial charge >= 0.3 is 0 Å². The molecule has 0 bridgehead atoms. The first-order valence-electron chi connectivity index (χ1n) is 9.52. The number of nitrogen functional groups attached to an aromatic ring is 1. The Kier molecular flexibility index (Phi) is 5.43. The minimum absolute atomic E-state index is 0.256. The van der Waals surface area contributed by atoms with Gasteiger partial charge in [-0.3, -0.25) is 9.78 Å². The predicted molar refractivity (Wildman–Crippen MR) is 119 cm³/mol. The Morgan fingerprint density at radius 3 is 2.43 bits per heavy atom. The number of aromatic nitrogens is 3. The Bertz CT molecular complexity index is 1120. The Morgan fingerprint density at radius 2 is 1.73 bits per heavy atom. The minimum Gasteiger partial charge on any atom is -0.394 e. The van der Waals surface area contributed by atoms with Crippen LogP contribution in [0.2, 0.25) is 0 Å². The summed E-state index contributed by atoms with van der Waals surface area (Å²) in [4.78, 5) is 18.8. The van der Waals surface area contributed by atoms with E-state index in [9.17, 15) is 4.79 Å². The highest BCUT2D eigenvalue weighted by Gasteiger charge is 2.13. The van der Waals surface area contributed by atoms with Gasteiger partial charge in [-0.05, 0) is 42.0 Å². The maximum absolute atomic E-state index is 12.6. The fraction of sp³-hybridized carbons (Fsp3) is 0.0870. The van der Waals surface area contributed by atoms with E-state index in [1.807, 2.05) is 61.6 Å². The van der Waals surface area contributed by atoms with E-state index in [-0.39, 0.29) is 5.91 Å². The molecule has 0 radical (unpaired) electrons. The van der Waals surface area contributed by atoms with Gasteiger partial charge in [-0.2, -0.15) is 0 Å². The minimum atomic E-state index is -0.256. The summed E-state index contributed by atoms with van der Waals surface area (Å²) >= 11 is 0. The van der Waals surface area contributed by atoms with Gasteiger partial charge < -0.3 is 16.0 Å². The Balaban J connectivity index is 1.42. The highest BCUT2D eigenvalue weighted by Crippen LogP contribution is 2.20. The molecule has 0 fully saturated rings. The van der Waals surface area contributed by atoms with Crippen LogP contribution in [-0.4, -0.2) is 27.7 Å². The van der Waals surface area contributed by atoms with Crippen molar-refractivity contribution in [2.45, 2.75) is 6.54 Å². The summed E-state index contributed by atoms with van der Waals surface area (Å²) in [6, 6.07) is 21.0. The molecule has 7 heteroatoms. The molecule has 0 saturated carbocycles. The third-order valence-corrected chi connectivity index (χ3v) is 4.73. The monoisotopic (exact) mass is 398 g/mol. The first kappa shape index (κ1) is 19.2. The zero-order chi connectivity index (χ0) is 20.9. The molecule has 0 aliphatic heterocycles. The molecule has 0 saturated heterocycles. The first-order valence-corrected chi connectivity index (χ1v) is 9.52. The van der Waals surface area contributed by atoms with Gasteiger partial charge in [-0.15, -0.1) is 5.10 Å². The van der Waals surface area contributed by atoms with Gasteiger partial charge in [0.2, 0.25) is 0 Å². The van der Waals surface area contributed by atoms with Gasteiger partial charge in [0.25, 0.3) is 5.91 Å². The Morgan fingerprint density at radius 1 is 1.03 bits per heavy atom. The van der Waals surface area contributed by atoms with Crippen LogP contribution in [-0.2, 0) is 6.54 Å². The summed E-state index contributed by atoms with van der Waals surface area (Å²) in [7, 11) is 2.02. The number of pyridine rings is 1. The number of nitrogens with one attached hydrogen (secondary N) is 1. The number of hydrogen-bond donors (Lipinski definition) is 2. The lowest BCUT2D eigenvalue weighted by atomic mass is 10.1. The SMILES string of the molecule is CN(Cc1ccc(C(=O)Nc2nn(-c3ccccc3)cc2N)cc1)c1ccncc1. The standard InChI is InChI=1S/C23H22N6O/c1-28(19-11-13-25-14-12-19)15-17-7-9-18(10-8-17)23(30)26-22-21(24)16-29(27-22)20-5-3-2-4-6-20/h2-14,16H,15,24H2,1H3,(H,26,27,30). The van der Waals surface area contributed by atoms with Crippen LogP contribution in [0.15, 0.2) is 85.3 Å². The van der Waals surface area contributed by atoms with E-state index in [4.69, 9.17) is 5.73 Å². The molecule has 7 nitrogen and oxygen atoms in total. The number of carbonyl (C=O) groups excluding carboxylic acids is 1. The van der Waals surface area contributed by atoms with Crippen molar-refractivity contribution in [3.63, 3.8) is 0 Å². The lowest BCUT2D eigenvalue weighted by Crippen LogP contribution is -2.17. The molecule has 0 atom stereocenters. The third-order valence-electron chi connectivity index (χ3n) is 4.73. The maximum atomic E-state index is 12.6. The highest BCUT2D eigenvalue weighted by atomic mass is 16.1. The number of hydrogen-bond acceptors (Lipinski definition) is 5. The molecule has 2 aromatic carbocycles. The van der Waals surface area contributed by atoms with E-state index in [1.54, 1.807) is 35.4 Å². The predicted octanol–water partition coefficient (Wildman–Crippen LogP) is 3.74. The average Bonchev–Trinajstić information content (AvgIpc) is 3.15. The molecule has 0 spiro atoms. The number of carbonyl (C=O) groups is 1. The summed E-state index contributed by atoms with van der Waals surface area (Å²) in [6.45, 7) is 0.723. The second kappa shape index (κ2) is 8.48. The van der Waals surface area contributed by atoms with Crippen LogP contribution < -0.4 is 16.0 Å². The van der Waals surface area contributed by atoms with E-state index in [2.05, 4.69) is 20.3 Å². The van der Waals surface area contributed by atoms with Gasteiger partial charge in [0, 0.05) is 37.2 Å². The molecule has 30 heavy (non-hydrogen) atoms. The normalized spacial score (nSPS) is 10.6. The van der Waals surface area contributed by atoms with Crippen molar-refractivity contribution < 1.29 is 4.79 Å². The van der Waals surface area contributed by atoms with Crippen LogP contribution in [0.5, 0.6) is 0 Å². The summed E-state index contributed by atoms with van der Waals surface area (Å²) in [5, 5.41) is 7.17. The van der Waals surface area contributed by atoms with E-state index in [0.29, 0.717) is 17.1 Å². The van der Waals surface area contributed by atoms with Gasteiger partial charge in [-0.1, -0.05) is 30.3 Å². The Labute approximate surface area is 174 Å². The molecule has 4 aromatic rings. The molecule has 0 unspecified atom stereocenters. The van der Waals surface area contributed by atoms with Crippen LogP contribution in [0, 0.1) is 0 Å². The second-order valence-electron chi connectivity index (χ2n) is 6.93. The number of nitrogens with zero attached hydrogens (tertiary/aromatic N) is 4. The number of rotatable bonds is 6. The molecule has 1 amide bonds. The topological polar surface area (TPSA) is 89.1 Å². The molecule has 4 rings (SSSR count). The molecule has 2 heterocycles. The van der Waals surface area contributed by atoms with E-state index in [0.717, 1.165) is 23.5 Å².